The Kier molecular flexibility index (Phi) is 2.86. The lowest BCUT2D eigenvalue weighted by atomic mass is 10.1. The van der Waals surface area contributed by atoms with Crippen molar-refractivity contribution in [1.29, 1.82) is 0 Å². The van der Waals surface area contributed by atoms with Crippen LogP contribution in [0.5, 0.6) is 11.5 Å². The third-order valence-corrected chi connectivity index (χ3v) is 2.94. The van der Waals surface area contributed by atoms with Crippen LogP contribution in [-0.4, -0.2) is 11.9 Å². The molecule has 0 fully saturated rings. The summed E-state index contributed by atoms with van der Waals surface area (Å²) in [4.78, 5) is 0. The number of fused-ring (bicyclic) bond motifs is 1. The van der Waals surface area contributed by atoms with E-state index in [2.05, 4.69) is 0 Å². The van der Waals surface area contributed by atoms with Crippen molar-refractivity contribution in [2.75, 3.05) is 6.79 Å². The third kappa shape index (κ3) is 2.15. The zero-order valence-corrected chi connectivity index (χ0v) is 9.82. The highest BCUT2D eigenvalue weighted by Gasteiger charge is 2.18. The minimum atomic E-state index is -0.563. The zero-order chi connectivity index (χ0) is 12.4. The Bertz CT molecular complexity index is 542. The van der Waals surface area contributed by atoms with Gasteiger partial charge in [0.15, 0.2) is 30.4 Å². The Hall–Kier alpha value is -2.07. The summed E-state index contributed by atoms with van der Waals surface area (Å²) in [7, 11) is 0. The molecule has 0 saturated heterocycles. The van der Waals surface area contributed by atoms with Crippen LogP contribution in [0.3, 0.4) is 0 Å². The number of benzene rings is 1. The second-order valence-corrected chi connectivity index (χ2v) is 4.20. The fraction of sp³-hybridized carbons (Fsp3) is 0.214. The van der Waals surface area contributed by atoms with Gasteiger partial charge in [0.05, 0.1) is 0 Å². The number of hydrogen-bond acceptors (Lipinski definition) is 3. The van der Waals surface area contributed by atoms with Crippen molar-refractivity contribution in [1.82, 2.24) is 0 Å². The van der Waals surface area contributed by atoms with Crippen LogP contribution >= 0.6 is 0 Å². The molecular weight excluding hydrogens is 230 g/mol. The molecule has 4 heteroatoms. The molecule has 0 aliphatic carbocycles. The number of rotatable bonds is 3. The number of aliphatic hydroxyl groups excluding tert-OH is 1. The SMILES string of the molecule is O[C@H](C[n+]1ccccc1)c1ccc2c(c1)OCO2. The van der Waals surface area contributed by atoms with Crippen molar-refractivity contribution >= 4 is 0 Å². The minimum Gasteiger partial charge on any atom is -0.454 e. The lowest BCUT2D eigenvalue weighted by Gasteiger charge is -2.08. The summed E-state index contributed by atoms with van der Waals surface area (Å²) in [6.45, 7) is 0.767. The average Bonchev–Trinajstić information content (AvgIpc) is 2.87. The van der Waals surface area contributed by atoms with Gasteiger partial charge in [-0.05, 0) is 17.7 Å². The molecule has 4 nitrogen and oxygen atoms in total. The molecule has 0 spiro atoms. The molecule has 0 amide bonds. The Morgan fingerprint density at radius 2 is 1.89 bits per heavy atom. The van der Waals surface area contributed by atoms with Gasteiger partial charge in [-0.15, -0.1) is 0 Å². The zero-order valence-electron chi connectivity index (χ0n) is 9.82. The number of aromatic nitrogens is 1. The number of hydrogen-bond donors (Lipinski definition) is 1. The monoisotopic (exact) mass is 244 g/mol. The summed E-state index contributed by atoms with van der Waals surface area (Å²) in [5.41, 5.74) is 0.829. The van der Waals surface area contributed by atoms with Gasteiger partial charge < -0.3 is 14.6 Å². The molecule has 0 bridgehead atoms. The quantitative estimate of drug-likeness (QED) is 0.831. The Morgan fingerprint density at radius 1 is 1.11 bits per heavy atom. The predicted molar refractivity (Wildman–Crippen MR) is 64.2 cm³/mol. The number of aliphatic hydroxyl groups is 1. The van der Waals surface area contributed by atoms with Gasteiger partial charge >= 0.3 is 0 Å². The van der Waals surface area contributed by atoms with Crippen LogP contribution in [0.1, 0.15) is 11.7 Å². The first-order chi connectivity index (χ1) is 8.83. The topological polar surface area (TPSA) is 42.6 Å². The van der Waals surface area contributed by atoms with Gasteiger partial charge in [0, 0.05) is 12.1 Å². The second kappa shape index (κ2) is 4.66. The second-order valence-electron chi connectivity index (χ2n) is 4.20. The Balaban J connectivity index is 1.78. The molecule has 1 aromatic heterocycles. The average molecular weight is 244 g/mol. The van der Waals surface area contributed by atoms with E-state index in [9.17, 15) is 5.11 Å². The molecule has 1 aromatic carbocycles. The minimum absolute atomic E-state index is 0.252. The molecule has 2 heterocycles. The molecule has 92 valence electrons. The summed E-state index contributed by atoms with van der Waals surface area (Å²) >= 11 is 0. The molecule has 1 atom stereocenters. The molecule has 3 rings (SSSR count). The first kappa shape index (κ1) is 11.0. The van der Waals surface area contributed by atoms with E-state index in [4.69, 9.17) is 9.47 Å². The molecule has 0 unspecified atom stereocenters. The predicted octanol–water partition coefficient (Wildman–Crippen LogP) is 1.44. The van der Waals surface area contributed by atoms with Crippen LogP contribution in [0.2, 0.25) is 0 Å². The highest BCUT2D eigenvalue weighted by Crippen LogP contribution is 2.34. The maximum absolute atomic E-state index is 10.2. The van der Waals surface area contributed by atoms with Crippen molar-refractivity contribution in [3.63, 3.8) is 0 Å². The smallest absolute Gasteiger partial charge is 0.231 e. The first-order valence-electron chi connectivity index (χ1n) is 5.84. The maximum atomic E-state index is 10.2. The molecule has 0 saturated carbocycles. The van der Waals surface area contributed by atoms with E-state index < -0.39 is 6.10 Å². The van der Waals surface area contributed by atoms with Crippen LogP contribution in [0.25, 0.3) is 0 Å². The van der Waals surface area contributed by atoms with Crippen molar-refractivity contribution in [2.45, 2.75) is 12.6 Å². The number of nitrogens with zero attached hydrogens (tertiary/aromatic N) is 1. The van der Waals surface area contributed by atoms with E-state index in [0.717, 1.165) is 11.3 Å². The summed E-state index contributed by atoms with van der Waals surface area (Å²) in [6, 6.07) is 11.3. The van der Waals surface area contributed by atoms with Crippen LogP contribution in [0, 0.1) is 0 Å². The van der Waals surface area contributed by atoms with E-state index in [1.807, 2.05) is 53.4 Å². The van der Waals surface area contributed by atoms with Gasteiger partial charge in [0.1, 0.15) is 6.10 Å². The normalized spacial score (nSPS) is 14.5. The maximum Gasteiger partial charge on any atom is 0.231 e. The summed E-state index contributed by atoms with van der Waals surface area (Å²) in [5.74, 6) is 1.43. The molecule has 18 heavy (non-hydrogen) atoms. The number of pyridine rings is 1. The largest absolute Gasteiger partial charge is 0.454 e. The molecule has 2 aromatic rings. The summed E-state index contributed by atoms with van der Waals surface area (Å²) in [6.07, 6.45) is 3.29. The van der Waals surface area contributed by atoms with E-state index >= 15 is 0 Å². The van der Waals surface area contributed by atoms with Crippen LogP contribution in [0.15, 0.2) is 48.8 Å². The Labute approximate surface area is 105 Å². The third-order valence-electron chi connectivity index (χ3n) is 2.94. The lowest BCUT2D eigenvalue weighted by molar-refractivity contribution is -0.704. The lowest BCUT2D eigenvalue weighted by Crippen LogP contribution is -2.35. The van der Waals surface area contributed by atoms with Gasteiger partial charge in [0.2, 0.25) is 6.79 Å². The first-order valence-corrected chi connectivity index (χ1v) is 5.84. The van der Waals surface area contributed by atoms with Gasteiger partial charge in [-0.3, -0.25) is 0 Å². The van der Waals surface area contributed by atoms with Gasteiger partial charge in [-0.25, -0.2) is 4.57 Å². The summed E-state index contributed by atoms with van der Waals surface area (Å²) in [5, 5.41) is 10.2. The fourth-order valence-electron chi connectivity index (χ4n) is 1.98. The van der Waals surface area contributed by atoms with E-state index in [1.165, 1.54) is 0 Å². The molecule has 1 aliphatic heterocycles. The molecule has 1 N–H and O–H groups in total. The van der Waals surface area contributed by atoms with Gasteiger partial charge in [0.25, 0.3) is 0 Å². The van der Waals surface area contributed by atoms with Crippen molar-refractivity contribution < 1.29 is 19.1 Å². The van der Waals surface area contributed by atoms with Crippen LogP contribution in [0.4, 0.5) is 0 Å². The van der Waals surface area contributed by atoms with Crippen molar-refractivity contribution in [3.8, 4) is 11.5 Å². The van der Waals surface area contributed by atoms with Crippen molar-refractivity contribution in [3.05, 3.63) is 54.4 Å². The highest BCUT2D eigenvalue weighted by molar-refractivity contribution is 5.44. The van der Waals surface area contributed by atoms with Crippen molar-refractivity contribution in [2.24, 2.45) is 0 Å². The number of ether oxygens (including phenoxy) is 2. The fourth-order valence-corrected chi connectivity index (χ4v) is 1.98. The highest BCUT2D eigenvalue weighted by atomic mass is 16.7. The Morgan fingerprint density at radius 3 is 2.72 bits per heavy atom. The molecular formula is C14H14NO3+. The molecule has 1 aliphatic rings. The summed E-state index contributed by atoms with van der Waals surface area (Å²) < 4.78 is 12.5. The molecule has 0 radical (unpaired) electrons. The van der Waals surface area contributed by atoms with Crippen LogP contribution in [-0.2, 0) is 6.54 Å². The van der Waals surface area contributed by atoms with Crippen LogP contribution < -0.4 is 14.0 Å². The van der Waals surface area contributed by atoms with E-state index in [1.54, 1.807) is 0 Å². The van der Waals surface area contributed by atoms with Gasteiger partial charge in [-0.2, -0.15) is 0 Å². The standard InChI is InChI=1S/C14H14NO3/c16-12(9-15-6-2-1-3-7-15)11-4-5-13-14(8-11)18-10-17-13/h1-8,12,16H,9-10H2/q+1/t12-/m1/s1. The van der Waals surface area contributed by atoms with E-state index in [0.29, 0.717) is 12.3 Å². The van der Waals surface area contributed by atoms with E-state index in [-0.39, 0.29) is 6.79 Å². The van der Waals surface area contributed by atoms with Gasteiger partial charge in [-0.1, -0.05) is 12.1 Å².